The summed E-state index contributed by atoms with van der Waals surface area (Å²) in [6.07, 6.45) is -0.856. The summed E-state index contributed by atoms with van der Waals surface area (Å²) in [4.78, 5) is 56.7. The number of hydrazine groups is 1. The molecule has 3 aliphatic heterocycles. The number of carbonyl (C=O) groups is 4. The van der Waals surface area contributed by atoms with Gasteiger partial charge < -0.3 is 15.4 Å². The van der Waals surface area contributed by atoms with Crippen molar-refractivity contribution in [2.75, 3.05) is 35.3 Å². The van der Waals surface area contributed by atoms with E-state index in [1.807, 2.05) is 32.0 Å². The number of halogens is 5. The number of thiol groups is 1. The fourth-order valence-electron chi connectivity index (χ4n) is 7.48. The van der Waals surface area contributed by atoms with Gasteiger partial charge in [0.05, 0.1) is 40.3 Å². The molecule has 3 saturated heterocycles. The minimum absolute atomic E-state index is 0. The zero-order valence-corrected chi connectivity index (χ0v) is 35.5. The predicted octanol–water partition coefficient (Wildman–Crippen LogP) is 7.54. The third-order valence-electron chi connectivity index (χ3n) is 11.0. The molecule has 0 spiro atoms. The van der Waals surface area contributed by atoms with Gasteiger partial charge in [0.2, 0.25) is 17.7 Å². The number of amides is 4. The van der Waals surface area contributed by atoms with E-state index in [2.05, 4.69) is 25.7 Å². The predicted molar refractivity (Wildman–Crippen MR) is 225 cm³/mol. The second-order valence-electron chi connectivity index (χ2n) is 15.3. The lowest BCUT2D eigenvalue weighted by Gasteiger charge is -2.35. The summed E-state index contributed by atoms with van der Waals surface area (Å²) in [6.45, 7) is 9.42. The smallest absolute Gasteiger partial charge is 0.417 e. The topological polar surface area (TPSA) is 156 Å². The van der Waals surface area contributed by atoms with Crippen molar-refractivity contribution >= 4 is 75.8 Å². The maximum absolute atomic E-state index is 13.7. The molecule has 0 radical (unpaired) electrons. The minimum atomic E-state index is -4.75. The standard InChI is InChI=1S/C41H47ClF3N7O5S.ClH/c1-5-26-18-32(58-40(3,4)39(56)52(50-58)31-7-6-27(23-46)33(22-31)41(43,44)45)8-10-35(26)57-17-14-25-12-15-51(16-13-25)24(2)37(54)48-30-20-28(42)19-29(21-30)47-34-9-11-36(53)49-38(34)55;/h6-8,10,18-22,24-25,34,47,50,58H,5,9,11-17H2,1-4H3,(H,48,54)(H,49,53,55);1H/t24-,34?;/m1./s1. The molecule has 0 aromatic heterocycles. The second kappa shape index (κ2) is 18.8. The Morgan fingerprint density at radius 3 is 2.44 bits per heavy atom. The molecule has 3 fully saturated rings. The van der Waals surface area contributed by atoms with Gasteiger partial charge in [-0.3, -0.25) is 29.4 Å². The normalized spacial score (nSPS) is 20.9. The maximum atomic E-state index is 13.7. The minimum Gasteiger partial charge on any atom is -0.493 e. The van der Waals surface area contributed by atoms with Crippen molar-refractivity contribution in [3.05, 3.63) is 76.3 Å². The molecule has 3 atom stereocenters. The Hall–Kier alpha value is -4.53. The van der Waals surface area contributed by atoms with Crippen molar-refractivity contribution in [3.8, 4) is 11.8 Å². The molecule has 0 aliphatic carbocycles. The van der Waals surface area contributed by atoms with Gasteiger partial charge in [-0.15, -0.1) is 23.5 Å². The third-order valence-corrected chi connectivity index (χ3v) is 13.7. The number of aryl methyl sites for hydroxylation is 1. The van der Waals surface area contributed by atoms with E-state index in [0.29, 0.717) is 41.8 Å². The summed E-state index contributed by atoms with van der Waals surface area (Å²) < 4.78 is 46.5. The van der Waals surface area contributed by atoms with Crippen LogP contribution in [-0.4, -0.2) is 65.1 Å². The van der Waals surface area contributed by atoms with Crippen LogP contribution < -0.4 is 30.5 Å². The molecule has 4 amide bonds. The summed E-state index contributed by atoms with van der Waals surface area (Å²) >= 11 is 4.96. The molecular formula is C41H48Cl2F3N7O5S. The monoisotopic (exact) mass is 877 g/mol. The van der Waals surface area contributed by atoms with Gasteiger partial charge in [0.1, 0.15) is 11.8 Å². The van der Waals surface area contributed by atoms with Crippen LogP contribution in [0, 0.1) is 17.2 Å². The van der Waals surface area contributed by atoms with Crippen molar-refractivity contribution in [1.29, 1.82) is 5.26 Å². The first-order chi connectivity index (χ1) is 27.5. The lowest BCUT2D eigenvalue weighted by Crippen LogP contribution is -2.47. The van der Waals surface area contributed by atoms with Crippen LogP contribution in [0.4, 0.5) is 30.2 Å². The van der Waals surface area contributed by atoms with Crippen molar-refractivity contribution < 1.29 is 37.1 Å². The molecule has 318 valence electrons. The number of hydrogen-bond donors (Lipinski definition) is 5. The lowest BCUT2D eigenvalue weighted by atomic mass is 9.93. The van der Waals surface area contributed by atoms with E-state index in [9.17, 15) is 37.6 Å². The first-order valence-corrected chi connectivity index (χ1v) is 20.9. The number of hydrogen-bond acceptors (Lipinski definition) is 9. The number of imide groups is 1. The lowest BCUT2D eigenvalue weighted by molar-refractivity contribution is -0.138. The molecule has 18 heteroatoms. The average molecular weight is 879 g/mol. The molecule has 3 aromatic rings. The molecule has 59 heavy (non-hydrogen) atoms. The van der Waals surface area contributed by atoms with E-state index in [-0.39, 0.29) is 42.2 Å². The Bertz CT molecular complexity index is 2130. The molecule has 12 nitrogen and oxygen atoms in total. The molecule has 4 N–H and O–H groups in total. The van der Waals surface area contributed by atoms with Crippen molar-refractivity contribution in [3.63, 3.8) is 0 Å². The molecular weight excluding hydrogens is 830 g/mol. The summed E-state index contributed by atoms with van der Waals surface area (Å²) in [7, 11) is 0. The molecule has 3 aliphatic rings. The first-order valence-electron chi connectivity index (χ1n) is 19.2. The summed E-state index contributed by atoms with van der Waals surface area (Å²) in [5.74, 6) is -0.0984. The molecule has 0 bridgehead atoms. The fraction of sp³-hybridized carbons (Fsp3) is 0.439. The number of nitrogens with zero attached hydrogens (tertiary/aromatic N) is 3. The third kappa shape index (κ3) is 10.4. The van der Waals surface area contributed by atoms with E-state index >= 15 is 0 Å². The number of piperidine rings is 2. The van der Waals surface area contributed by atoms with Gasteiger partial charge >= 0.3 is 6.18 Å². The fourth-order valence-corrected chi connectivity index (χ4v) is 9.93. The van der Waals surface area contributed by atoms with Gasteiger partial charge in [0, 0.05) is 27.7 Å². The van der Waals surface area contributed by atoms with Gasteiger partial charge in [0.15, 0.2) is 0 Å². The number of rotatable bonds is 12. The largest absolute Gasteiger partial charge is 0.493 e. The highest BCUT2D eigenvalue weighted by molar-refractivity contribution is 8.17. The SMILES string of the molecule is CCc1cc([SH]2NN(c3ccc(C#N)c(C(F)(F)F)c3)C(=O)C2(C)C)ccc1OCCC1CCN([C@H](C)C(=O)Nc2cc(Cl)cc(NC3CCC(=O)NC3=O)c2)CC1.Cl. The van der Waals surface area contributed by atoms with Gasteiger partial charge in [-0.05, 0) is 132 Å². The van der Waals surface area contributed by atoms with Crippen LogP contribution in [-0.2, 0) is 31.8 Å². The van der Waals surface area contributed by atoms with E-state index in [1.165, 1.54) is 6.07 Å². The van der Waals surface area contributed by atoms with Gasteiger partial charge in [0.25, 0.3) is 5.91 Å². The average Bonchev–Trinajstić information content (AvgIpc) is 3.42. The number of nitriles is 1. The first kappa shape index (κ1) is 45.6. The number of nitrogens with one attached hydrogen (secondary N) is 4. The van der Waals surface area contributed by atoms with Crippen LogP contribution in [0.25, 0.3) is 0 Å². The highest BCUT2D eigenvalue weighted by Gasteiger charge is 2.47. The summed E-state index contributed by atoms with van der Waals surface area (Å²) in [5, 5.41) is 19.1. The van der Waals surface area contributed by atoms with Crippen LogP contribution in [0.15, 0.2) is 59.5 Å². The van der Waals surface area contributed by atoms with E-state index in [0.717, 1.165) is 65.7 Å². The molecule has 3 heterocycles. The van der Waals surface area contributed by atoms with Crippen LogP contribution >= 0.6 is 35.1 Å². The Kier molecular flexibility index (Phi) is 14.5. The number of anilines is 3. The Balaban J connectivity index is 0.00000661. The highest BCUT2D eigenvalue weighted by Crippen LogP contribution is 2.52. The Morgan fingerprint density at radius 1 is 1.07 bits per heavy atom. The number of ether oxygens (including phenoxy) is 1. The Labute approximate surface area is 355 Å². The van der Waals surface area contributed by atoms with E-state index < -0.39 is 51.1 Å². The van der Waals surface area contributed by atoms with Crippen LogP contribution in [0.2, 0.25) is 5.02 Å². The number of benzene rings is 3. The number of alkyl halides is 3. The molecule has 3 aromatic carbocycles. The van der Waals surface area contributed by atoms with Crippen LogP contribution in [0.5, 0.6) is 5.75 Å². The van der Waals surface area contributed by atoms with E-state index in [4.69, 9.17) is 16.3 Å². The van der Waals surface area contributed by atoms with Gasteiger partial charge in [-0.1, -0.05) is 18.5 Å². The van der Waals surface area contributed by atoms with Crippen LogP contribution in [0.3, 0.4) is 0 Å². The van der Waals surface area contributed by atoms with E-state index in [1.54, 1.807) is 38.1 Å². The molecule has 2 unspecified atom stereocenters. The van der Waals surface area contributed by atoms with Crippen molar-refractivity contribution in [2.45, 2.75) is 94.1 Å². The number of likely N-dealkylation sites (tertiary alicyclic amines) is 1. The molecule has 6 rings (SSSR count). The van der Waals surface area contributed by atoms with Crippen LogP contribution in [0.1, 0.15) is 76.5 Å². The van der Waals surface area contributed by atoms with Crippen molar-refractivity contribution in [1.82, 2.24) is 15.0 Å². The molecule has 0 saturated carbocycles. The maximum Gasteiger partial charge on any atom is 0.417 e. The summed E-state index contributed by atoms with van der Waals surface area (Å²) in [6, 6.07) is 14.7. The Morgan fingerprint density at radius 2 is 1.78 bits per heavy atom. The zero-order chi connectivity index (χ0) is 41.9. The van der Waals surface area contributed by atoms with Gasteiger partial charge in [-0.2, -0.15) is 23.3 Å². The zero-order valence-electron chi connectivity index (χ0n) is 33.0. The number of carbonyl (C=O) groups excluding carboxylic acids is 4. The highest BCUT2D eigenvalue weighted by atomic mass is 35.5. The second-order valence-corrected chi connectivity index (χ2v) is 18.2. The quantitative estimate of drug-likeness (QED) is 0.0917. The summed E-state index contributed by atoms with van der Waals surface area (Å²) in [5.41, 5.74) is 0.419. The van der Waals surface area contributed by atoms with Gasteiger partial charge in [-0.25, -0.2) is 5.01 Å². The van der Waals surface area contributed by atoms with Crippen molar-refractivity contribution in [2.24, 2.45) is 5.92 Å².